The van der Waals surface area contributed by atoms with Crippen LogP contribution in [0.3, 0.4) is 0 Å². The number of hydrogen-bond donors (Lipinski definition) is 2. The summed E-state index contributed by atoms with van der Waals surface area (Å²) in [6, 6.07) is 0. The average molecular weight is 198 g/mol. The van der Waals surface area contributed by atoms with E-state index < -0.39 is 0 Å². The van der Waals surface area contributed by atoms with Crippen molar-refractivity contribution in [3.63, 3.8) is 0 Å². The van der Waals surface area contributed by atoms with Crippen LogP contribution in [0, 0.1) is 5.41 Å². The Morgan fingerprint density at radius 1 is 1.36 bits per heavy atom. The third kappa shape index (κ3) is 1.77. The minimum atomic E-state index is -0.342. The van der Waals surface area contributed by atoms with Crippen LogP contribution in [0.15, 0.2) is 0 Å². The highest BCUT2D eigenvalue weighted by atomic mass is 16.3. The first kappa shape index (κ1) is 9.93. The molecule has 2 fully saturated rings. The number of likely N-dealkylation sites (tertiary alicyclic amines) is 1. The zero-order chi connectivity index (χ0) is 10.0. The van der Waals surface area contributed by atoms with Gasteiger partial charge in [0.05, 0.1) is 0 Å². The third-order valence-corrected chi connectivity index (χ3v) is 3.64. The van der Waals surface area contributed by atoms with Crippen molar-refractivity contribution in [2.45, 2.75) is 19.3 Å². The van der Waals surface area contributed by atoms with Crippen LogP contribution in [0.4, 0.5) is 0 Å². The van der Waals surface area contributed by atoms with Gasteiger partial charge in [-0.1, -0.05) is 0 Å². The lowest BCUT2D eigenvalue weighted by atomic mass is 9.78. The number of rotatable bonds is 1. The predicted octanol–water partition coefficient (Wildman–Crippen LogP) is -0.419. The molecule has 0 aromatic heterocycles. The predicted molar refractivity (Wildman–Crippen MR) is 52.8 cm³/mol. The van der Waals surface area contributed by atoms with Crippen LogP contribution in [0.1, 0.15) is 19.3 Å². The van der Waals surface area contributed by atoms with Crippen LogP contribution in [0.5, 0.6) is 0 Å². The molecule has 1 spiro atoms. The van der Waals surface area contributed by atoms with E-state index in [9.17, 15) is 4.79 Å². The largest absolute Gasteiger partial charge is 0.387 e. The highest BCUT2D eigenvalue weighted by Crippen LogP contribution is 2.36. The average Bonchev–Trinajstić information content (AvgIpc) is 2.67. The van der Waals surface area contributed by atoms with Crippen molar-refractivity contribution in [2.24, 2.45) is 5.41 Å². The maximum Gasteiger partial charge on any atom is 0.248 e. The van der Waals surface area contributed by atoms with Gasteiger partial charge in [0.25, 0.3) is 0 Å². The molecule has 0 atom stereocenters. The topological polar surface area (TPSA) is 52.6 Å². The summed E-state index contributed by atoms with van der Waals surface area (Å²) in [6.45, 7) is 3.52. The van der Waals surface area contributed by atoms with Crippen molar-refractivity contribution in [2.75, 3.05) is 32.8 Å². The summed E-state index contributed by atoms with van der Waals surface area (Å²) in [7, 11) is 0. The Bertz CT molecular complexity index is 214. The minimum absolute atomic E-state index is 0.120. The number of hydrogen-bond acceptors (Lipinski definition) is 3. The first-order valence-electron chi connectivity index (χ1n) is 5.35. The van der Waals surface area contributed by atoms with Gasteiger partial charge in [-0.2, -0.15) is 0 Å². The fourth-order valence-electron chi connectivity index (χ4n) is 2.55. The lowest BCUT2D eigenvalue weighted by Crippen LogP contribution is -2.44. The van der Waals surface area contributed by atoms with Crippen LogP contribution < -0.4 is 5.32 Å². The summed E-state index contributed by atoms with van der Waals surface area (Å²) in [4.78, 5) is 13.0. The summed E-state index contributed by atoms with van der Waals surface area (Å²) in [5.41, 5.74) is 0.451. The van der Waals surface area contributed by atoms with Crippen molar-refractivity contribution < 1.29 is 9.90 Å². The van der Waals surface area contributed by atoms with Gasteiger partial charge in [0.1, 0.15) is 6.61 Å². The molecular formula is C10H18N2O2. The second-order valence-electron chi connectivity index (χ2n) is 4.47. The summed E-state index contributed by atoms with van der Waals surface area (Å²) < 4.78 is 0. The Labute approximate surface area is 84.3 Å². The third-order valence-electron chi connectivity index (χ3n) is 3.64. The quantitative estimate of drug-likeness (QED) is 0.602. The van der Waals surface area contributed by atoms with Gasteiger partial charge in [-0.15, -0.1) is 0 Å². The van der Waals surface area contributed by atoms with Crippen LogP contribution >= 0.6 is 0 Å². The van der Waals surface area contributed by atoms with E-state index >= 15 is 0 Å². The molecule has 1 amide bonds. The Hall–Kier alpha value is -0.610. The first-order valence-corrected chi connectivity index (χ1v) is 5.35. The van der Waals surface area contributed by atoms with E-state index in [0.29, 0.717) is 5.41 Å². The summed E-state index contributed by atoms with van der Waals surface area (Å²) in [5, 5.41) is 12.1. The van der Waals surface area contributed by atoms with E-state index in [1.165, 1.54) is 6.42 Å². The van der Waals surface area contributed by atoms with Crippen LogP contribution in [0.2, 0.25) is 0 Å². The number of nitrogens with zero attached hydrogens (tertiary/aromatic N) is 1. The molecule has 0 unspecified atom stereocenters. The van der Waals surface area contributed by atoms with Crippen molar-refractivity contribution in [1.29, 1.82) is 0 Å². The van der Waals surface area contributed by atoms with Gasteiger partial charge in [-0.25, -0.2) is 0 Å². The van der Waals surface area contributed by atoms with E-state index in [-0.39, 0.29) is 12.5 Å². The molecule has 0 aliphatic carbocycles. The van der Waals surface area contributed by atoms with Gasteiger partial charge in [0, 0.05) is 19.6 Å². The molecule has 2 aliphatic rings. The molecular weight excluding hydrogens is 180 g/mol. The number of nitrogens with one attached hydrogen (secondary N) is 1. The fourth-order valence-corrected chi connectivity index (χ4v) is 2.55. The summed E-state index contributed by atoms with van der Waals surface area (Å²) >= 11 is 0. The zero-order valence-corrected chi connectivity index (χ0v) is 8.46. The lowest BCUT2D eigenvalue weighted by molar-refractivity contribution is -0.136. The highest BCUT2D eigenvalue weighted by Gasteiger charge is 2.37. The number of amides is 1. The van der Waals surface area contributed by atoms with Crippen molar-refractivity contribution >= 4 is 5.91 Å². The highest BCUT2D eigenvalue weighted by molar-refractivity contribution is 5.77. The van der Waals surface area contributed by atoms with Gasteiger partial charge >= 0.3 is 0 Å². The van der Waals surface area contributed by atoms with Gasteiger partial charge < -0.3 is 15.3 Å². The standard InChI is InChI=1S/C10H18N2O2/c13-7-9(14)12-5-2-10(3-6-12)1-4-11-8-10/h11,13H,1-8H2. The molecule has 2 N–H and O–H groups in total. The number of carbonyl (C=O) groups is 1. The van der Waals surface area contributed by atoms with Gasteiger partial charge in [-0.3, -0.25) is 4.79 Å². The van der Waals surface area contributed by atoms with Crippen molar-refractivity contribution in [1.82, 2.24) is 10.2 Å². The molecule has 2 heterocycles. The Morgan fingerprint density at radius 3 is 2.57 bits per heavy atom. The zero-order valence-electron chi connectivity index (χ0n) is 8.46. The van der Waals surface area contributed by atoms with Crippen LogP contribution in [-0.2, 0) is 4.79 Å². The molecule has 0 saturated carbocycles. The van der Waals surface area contributed by atoms with E-state index in [4.69, 9.17) is 5.11 Å². The van der Waals surface area contributed by atoms with Crippen LogP contribution in [-0.4, -0.2) is 48.7 Å². The summed E-state index contributed by atoms with van der Waals surface area (Å²) in [6.07, 6.45) is 3.42. The normalized spacial score (nSPS) is 25.6. The smallest absolute Gasteiger partial charge is 0.248 e. The molecule has 2 rings (SSSR count). The Morgan fingerprint density at radius 2 is 2.07 bits per heavy atom. The van der Waals surface area contributed by atoms with Gasteiger partial charge in [0.15, 0.2) is 0 Å². The number of aliphatic hydroxyl groups excluding tert-OH is 1. The van der Waals surface area contributed by atoms with Crippen molar-refractivity contribution in [3.8, 4) is 0 Å². The maximum absolute atomic E-state index is 11.2. The van der Waals surface area contributed by atoms with E-state index in [1.54, 1.807) is 4.90 Å². The van der Waals surface area contributed by atoms with Gasteiger partial charge in [-0.05, 0) is 31.2 Å². The number of piperidine rings is 1. The van der Waals surface area contributed by atoms with E-state index in [1.807, 2.05) is 0 Å². The molecule has 2 saturated heterocycles. The molecule has 80 valence electrons. The fraction of sp³-hybridized carbons (Fsp3) is 0.900. The molecule has 0 aromatic carbocycles. The number of aliphatic hydroxyl groups is 1. The van der Waals surface area contributed by atoms with E-state index in [0.717, 1.165) is 39.0 Å². The molecule has 0 aromatic rings. The monoisotopic (exact) mass is 198 g/mol. The second-order valence-corrected chi connectivity index (χ2v) is 4.47. The lowest BCUT2D eigenvalue weighted by Gasteiger charge is -2.38. The number of carbonyl (C=O) groups excluding carboxylic acids is 1. The molecule has 14 heavy (non-hydrogen) atoms. The molecule has 2 aliphatic heterocycles. The molecule has 4 heteroatoms. The Balaban J connectivity index is 1.88. The minimum Gasteiger partial charge on any atom is -0.387 e. The molecule has 4 nitrogen and oxygen atoms in total. The molecule has 0 bridgehead atoms. The SMILES string of the molecule is O=C(CO)N1CCC2(CCNC2)CC1. The maximum atomic E-state index is 11.2. The first-order chi connectivity index (χ1) is 6.76. The van der Waals surface area contributed by atoms with Crippen LogP contribution in [0.25, 0.3) is 0 Å². The Kier molecular flexibility index (Phi) is 2.74. The molecule has 0 radical (unpaired) electrons. The second kappa shape index (κ2) is 3.87. The summed E-state index contributed by atoms with van der Waals surface area (Å²) in [5.74, 6) is -0.120. The van der Waals surface area contributed by atoms with Gasteiger partial charge in [0.2, 0.25) is 5.91 Å². The van der Waals surface area contributed by atoms with E-state index in [2.05, 4.69) is 5.32 Å². The van der Waals surface area contributed by atoms with Crippen molar-refractivity contribution in [3.05, 3.63) is 0 Å².